The van der Waals surface area contributed by atoms with Gasteiger partial charge < -0.3 is 9.64 Å². The predicted molar refractivity (Wildman–Crippen MR) is 129 cm³/mol. The number of nitrogens with zero attached hydrogens (tertiary/aromatic N) is 3. The fourth-order valence-corrected chi connectivity index (χ4v) is 4.35. The Morgan fingerprint density at radius 2 is 1.77 bits per heavy atom. The molecule has 2 aromatic carbocycles. The normalized spacial score (nSPS) is 10.9. The third-order valence-electron chi connectivity index (χ3n) is 5.06. The molecule has 1 heterocycles. The van der Waals surface area contributed by atoms with Crippen molar-refractivity contribution in [3.63, 3.8) is 0 Å². The maximum absolute atomic E-state index is 13.3. The van der Waals surface area contributed by atoms with E-state index in [1.807, 2.05) is 31.1 Å². The highest BCUT2D eigenvalue weighted by molar-refractivity contribution is 7.22. The highest BCUT2D eigenvalue weighted by Crippen LogP contribution is 2.36. The number of benzene rings is 2. The molecule has 0 aliphatic heterocycles. The summed E-state index contributed by atoms with van der Waals surface area (Å²) in [6.07, 6.45) is 0.368. The average molecular weight is 448 g/mol. The fourth-order valence-electron chi connectivity index (χ4n) is 3.25. The van der Waals surface area contributed by atoms with Gasteiger partial charge in [-0.2, -0.15) is 0 Å². The Bertz CT molecular complexity index is 1030. The maximum Gasteiger partial charge on any atom is 0.233 e. The Balaban J connectivity index is 0.00000320. The summed E-state index contributed by atoms with van der Waals surface area (Å²) >= 11 is 1.55. The lowest BCUT2D eigenvalue weighted by Crippen LogP contribution is -2.37. The van der Waals surface area contributed by atoms with Crippen molar-refractivity contribution in [3.05, 3.63) is 52.6 Å². The van der Waals surface area contributed by atoms with Crippen LogP contribution in [0, 0.1) is 20.8 Å². The summed E-state index contributed by atoms with van der Waals surface area (Å²) in [5, 5.41) is 0.727. The highest BCUT2D eigenvalue weighted by Gasteiger charge is 2.22. The van der Waals surface area contributed by atoms with E-state index in [1.54, 1.807) is 18.4 Å². The van der Waals surface area contributed by atoms with Crippen LogP contribution in [-0.2, 0) is 11.2 Å². The Morgan fingerprint density at radius 1 is 1.07 bits per heavy atom. The highest BCUT2D eigenvalue weighted by atomic mass is 35.5. The molecule has 162 valence electrons. The topological polar surface area (TPSA) is 45.7 Å². The molecule has 0 radical (unpaired) electrons. The van der Waals surface area contributed by atoms with Gasteiger partial charge in [0.1, 0.15) is 11.3 Å². The second-order valence-corrected chi connectivity index (χ2v) is 8.69. The molecule has 1 amide bonds. The Hall–Kier alpha value is -2.15. The molecule has 0 fully saturated rings. The lowest BCUT2D eigenvalue weighted by molar-refractivity contribution is -0.118. The van der Waals surface area contributed by atoms with Crippen LogP contribution in [0.1, 0.15) is 22.3 Å². The maximum atomic E-state index is 13.3. The minimum absolute atomic E-state index is 0. The van der Waals surface area contributed by atoms with Crippen LogP contribution in [0.4, 0.5) is 5.13 Å². The number of amides is 1. The number of anilines is 1. The molecular formula is C23H30ClN3O2S. The van der Waals surface area contributed by atoms with E-state index in [0.717, 1.165) is 44.3 Å². The number of ether oxygens (including phenoxy) is 1. The molecule has 30 heavy (non-hydrogen) atoms. The van der Waals surface area contributed by atoms with Gasteiger partial charge in [-0.15, -0.1) is 12.4 Å². The zero-order valence-corrected chi connectivity index (χ0v) is 20.1. The number of thiazole rings is 1. The summed E-state index contributed by atoms with van der Waals surface area (Å²) in [7, 11) is 5.68. The van der Waals surface area contributed by atoms with Crippen molar-refractivity contribution in [3.8, 4) is 5.75 Å². The third kappa shape index (κ3) is 5.31. The first-order chi connectivity index (χ1) is 13.8. The quantitative estimate of drug-likeness (QED) is 0.522. The summed E-state index contributed by atoms with van der Waals surface area (Å²) in [5.74, 6) is 0.805. The largest absolute Gasteiger partial charge is 0.494 e. The first-order valence-corrected chi connectivity index (χ1v) is 10.6. The van der Waals surface area contributed by atoms with Crippen molar-refractivity contribution in [2.45, 2.75) is 27.2 Å². The van der Waals surface area contributed by atoms with Gasteiger partial charge in [-0.3, -0.25) is 9.69 Å². The summed E-state index contributed by atoms with van der Waals surface area (Å²) in [5.41, 5.74) is 5.33. The number of hydrogen-bond donors (Lipinski definition) is 0. The van der Waals surface area contributed by atoms with Crippen LogP contribution in [0.25, 0.3) is 10.2 Å². The van der Waals surface area contributed by atoms with Crippen LogP contribution >= 0.6 is 23.7 Å². The number of aromatic nitrogens is 1. The number of halogens is 1. The molecule has 1 aromatic heterocycles. The number of carbonyl (C=O) groups is 1. The van der Waals surface area contributed by atoms with Gasteiger partial charge in [-0.1, -0.05) is 41.2 Å². The van der Waals surface area contributed by atoms with Crippen LogP contribution in [0.2, 0.25) is 0 Å². The van der Waals surface area contributed by atoms with Crippen molar-refractivity contribution in [2.24, 2.45) is 0 Å². The SMILES string of the molecule is COc1ccc(C)c2sc(N(CCN(C)C)C(=O)Cc3cc(C)ccc3C)nc12.Cl. The van der Waals surface area contributed by atoms with Crippen molar-refractivity contribution in [2.75, 3.05) is 39.2 Å². The third-order valence-corrected chi connectivity index (χ3v) is 6.27. The minimum Gasteiger partial charge on any atom is -0.494 e. The molecule has 0 spiro atoms. The van der Waals surface area contributed by atoms with E-state index in [-0.39, 0.29) is 18.3 Å². The molecule has 0 unspecified atom stereocenters. The second kappa shape index (κ2) is 10.2. The van der Waals surface area contributed by atoms with E-state index in [4.69, 9.17) is 9.72 Å². The Kier molecular flexibility index (Phi) is 8.24. The molecule has 7 heteroatoms. The van der Waals surface area contributed by atoms with Gasteiger partial charge in [0.05, 0.1) is 18.2 Å². The van der Waals surface area contributed by atoms with E-state index in [2.05, 4.69) is 43.9 Å². The molecule has 0 N–H and O–H groups in total. The number of carbonyl (C=O) groups excluding carboxylic acids is 1. The van der Waals surface area contributed by atoms with Crippen LogP contribution in [0.5, 0.6) is 5.75 Å². The zero-order valence-electron chi connectivity index (χ0n) is 18.5. The van der Waals surface area contributed by atoms with Crippen LogP contribution in [0.15, 0.2) is 30.3 Å². The summed E-state index contributed by atoms with van der Waals surface area (Å²) in [6.45, 7) is 7.53. The van der Waals surface area contributed by atoms with E-state index < -0.39 is 0 Å². The van der Waals surface area contributed by atoms with Crippen LogP contribution < -0.4 is 9.64 Å². The molecule has 3 aromatic rings. The Morgan fingerprint density at radius 3 is 2.43 bits per heavy atom. The van der Waals surface area contributed by atoms with Gasteiger partial charge in [0.15, 0.2) is 5.13 Å². The smallest absolute Gasteiger partial charge is 0.233 e. The molecule has 0 bridgehead atoms. The first-order valence-electron chi connectivity index (χ1n) is 9.75. The van der Waals surface area contributed by atoms with E-state index in [1.165, 1.54) is 5.56 Å². The number of fused-ring (bicyclic) bond motifs is 1. The van der Waals surface area contributed by atoms with Crippen molar-refractivity contribution in [1.29, 1.82) is 0 Å². The summed E-state index contributed by atoms with van der Waals surface area (Å²) in [6, 6.07) is 10.2. The predicted octanol–water partition coefficient (Wildman–Crippen LogP) is 4.79. The van der Waals surface area contributed by atoms with Crippen LogP contribution in [0.3, 0.4) is 0 Å². The van der Waals surface area contributed by atoms with Gasteiger partial charge in [0.2, 0.25) is 5.91 Å². The van der Waals surface area contributed by atoms with E-state index >= 15 is 0 Å². The van der Waals surface area contributed by atoms with Crippen molar-refractivity contribution >= 4 is 45.0 Å². The summed E-state index contributed by atoms with van der Waals surface area (Å²) < 4.78 is 6.55. The van der Waals surface area contributed by atoms with E-state index in [0.29, 0.717) is 13.0 Å². The molecule has 0 saturated carbocycles. The molecule has 0 aliphatic rings. The minimum atomic E-state index is 0. The second-order valence-electron chi connectivity index (χ2n) is 7.71. The number of methoxy groups -OCH3 is 1. The number of likely N-dealkylation sites (N-methyl/N-ethyl adjacent to an activating group) is 1. The molecule has 3 rings (SSSR count). The van der Waals surface area contributed by atoms with Gasteiger partial charge in [-0.25, -0.2) is 4.98 Å². The Labute approximate surface area is 189 Å². The van der Waals surface area contributed by atoms with Crippen molar-refractivity contribution < 1.29 is 9.53 Å². The lowest BCUT2D eigenvalue weighted by Gasteiger charge is -2.22. The number of hydrogen-bond acceptors (Lipinski definition) is 5. The van der Waals surface area contributed by atoms with Gasteiger partial charge in [-0.05, 0) is 57.6 Å². The first kappa shape index (κ1) is 24.1. The van der Waals surface area contributed by atoms with Crippen LogP contribution in [-0.4, -0.2) is 50.1 Å². The van der Waals surface area contributed by atoms with Gasteiger partial charge in [0, 0.05) is 13.1 Å². The zero-order chi connectivity index (χ0) is 21.1. The number of aryl methyl sites for hydroxylation is 3. The van der Waals surface area contributed by atoms with Gasteiger partial charge >= 0.3 is 0 Å². The standard InChI is InChI=1S/C23H29N3O2S.ClH/c1-15-7-8-16(2)18(13-15)14-20(27)26(12-11-25(4)5)23-24-21-19(28-6)10-9-17(3)22(21)29-23;/h7-10,13H,11-12,14H2,1-6H3;1H. The molecule has 0 aliphatic carbocycles. The summed E-state index contributed by atoms with van der Waals surface area (Å²) in [4.78, 5) is 22.1. The molecular weight excluding hydrogens is 418 g/mol. The lowest BCUT2D eigenvalue weighted by atomic mass is 10.0. The average Bonchev–Trinajstić information content (AvgIpc) is 3.11. The van der Waals surface area contributed by atoms with Crippen molar-refractivity contribution in [1.82, 2.24) is 9.88 Å². The molecule has 0 saturated heterocycles. The van der Waals surface area contributed by atoms with Gasteiger partial charge in [0.25, 0.3) is 0 Å². The molecule has 5 nitrogen and oxygen atoms in total. The monoisotopic (exact) mass is 447 g/mol. The molecule has 0 atom stereocenters. The fraction of sp³-hybridized carbons (Fsp3) is 0.391. The number of rotatable bonds is 7. The van der Waals surface area contributed by atoms with E-state index in [9.17, 15) is 4.79 Å².